The fourth-order valence-electron chi connectivity index (χ4n) is 1.75. The average Bonchev–Trinajstić information content (AvgIpc) is 2.46. The molecule has 8 heteroatoms. The molecule has 0 radical (unpaired) electrons. The van der Waals surface area contributed by atoms with Crippen LogP contribution in [0.2, 0.25) is 0 Å². The minimum atomic E-state index is -4.09. The Balaban J connectivity index is 3.57. The highest BCUT2D eigenvalue weighted by molar-refractivity contribution is 7.95. The Morgan fingerprint density at radius 3 is 1.50 bits per heavy atom. The van der Waals surface area contributed by atoms with Gasteiger partial charge in [0.1, 0.15) is 0 Å². The zero-order valence-corrected chi connectivity index (χ0v) is 13.9. The quantitative estimate of drug-likeness (QED) is 0.799. The van der Waals surface area contributed by atoms with Gasteiger partial charge in [-0.2, -0.15) is 0 Å². The van der Waals surface area contributed by atoms with E-state index in [4.69, 9.17) is 0 Å². The van der Waals surface area contributed by atoms with Crippen molar-refractivity contribution in [2.24, 2.45) is 0 Å². The monoisotopic (exact) mass is 346 g/mol. The molecule has 0 heterocycles. The lowest BCUT2D eigenvalue weighted by atomic mass is 10.0. The van der Waals surface area contributed by atoms with Crippen molar-refractivity contribution in [2.45, 2.75) is 23.7 Å². The van der Waals surface area contributed by atoms with E-state index in [9.17, 15) is 27.0 Å². The van der Waals surface area contributed by atoms with E-state index in [-0.39, 0.29) is 11.1 Å². The van der Waals surface area contributed by atoms with Gasteiger partial charge in [0.2, 0.25) is 19.7 Å². The summed E-state index contributed by atoms with van der Waals surface area (Å²) in [5.41, 5.74) is -0.186. The Kier molecular flexibility index (Phi) is 4.74. The zero-order chi connectivity index (χ0) is 17.4. The number of hydrogen-bond acceptors (Lipinski definition) is 6. The van der Waals surface area contributed by atoms with Gasteiger partial charge in [-0.15, -0.1) is 0 Å². The molecule has 1 aromatic rings. The second-order valence-corrected chi connectivity index (χ2v) is 9.41. The molecular weight excluding hydrogens is 328 g/mol. The van der Waals surface area contributed by atoms with E-state index >= 15 is 0 Å². The van der Waals surface area contributed by atoms with Crippen LogP contribution in [0.4, 0.5) is 0 Å². The van der Waals surface area contributed by atoms with Crippen LogP contribution in [0.25, 0.3) is 0 Å². The molecule has 122 valence electrons. The fourth-order valence-corrected chi connectivity index (χ4v) is 3.31. The van der Waals surface area contributed by atoms with E-state index in [0.717, 1.165) is 19.9 Å². The van der Waals surface area contributed by atoms with Gasteiger partial charge in [-0.3, -0.25) is 0 Å². The van der Waals surface area contributed by atoms with Crippen LogP contribution in [-0.4, -0.2) is 27.0 Å². The standard InChI is InChI=1S/C14H18O6S2/c1-5-21(17,18)13(3,15)11-8-7-9-12(10-11)14(4,16)22(19,20)6-2/h5-10,15-16H,1-2H2,3-4H3. The van der Waals surface area contributed by atoms with E-state index < -0.39 is 29.5 Å². The molecule has 0 aliphatic rings. The molecule has 2 atom stereocenters. The number of sulfone groups is 2. The molecule has 0 spiro atoms. The van der Waals surface area contributed by atoms with Crippen molar-refractivity contribution in [1.29, 1.82) is 0 Å². The Labute approximate surface area is 130 Å². The van der Waals surface area contributed by atoms with Crippen molar-refractivity contribution in [3.63, 3.8) is 0 Å². The predicted molar refractivity (Wildman–Crippen MR) is 83.8 cm³/mol. The Bertz CT molecular complexity index is 736. The van der Waals surface area contributed by atoms with Crippen molar-refractivity contribution in [3.8, 4) is 0 Å². The highest BCUT2D eigenvalue weighted by Crippen LogP contribution is 2.34. The van der Waals surface area contributed by atoms with Crippen LogP contribution in [0.1, 0.15) is 25.0 Å². The van der Waals surface area contributed by atoms with Gasteiger partial charge in [-0.25, -0.2) is 16.8 Å². The van der Waals surface area contributed by atoms with Crippen LogP contribution >= 0.6 is 0 Å². The first-order valence-corrected chi connectivity index (χ1v) is 9.22. The molecule has 0 fully saturated rings. The molecule has 6 nitrogen and oxygen atoms in total. The summed E-state index contributed by atoms with van der Waals surface area (Å²) in [6, 6.07) is 5.06. The summed E-state index contributed by atoms with van der Waals surface area (Å²) in [4.78, 5) is -4.61. The minimum absolute atomic E-state index is 0.0931. The summed E-state index contributed by atoms with van der Waals surface area (Å²) in [5, 5.41) is 21.7. The number of aliphatic hydroxyl groups is 2. The lowest BCUT2D eigenvalue weighted by Crippen LogP contribution is -2.33. The molecule has 1 rings (SSSR count). The first kappa shape index (κ1) is 18.6. The topological polar surface area (TPSA) is 109 Å². The second-order valence-electron chi connectivity index (χ2n) is 4.97. The summed E-state index contributed by atoms with van der Waals surface area (Å²) in [6.45, 7) is 8.37. The van der Waals surface area contributed by atoms with Gasteiger partial charge in [-0.05, 0) is 31.0 Å². The molecule has 22 heavy (non-hydrogen) atoms. The minimum Gasteiger partial charge on any atom is -0.371 e. The van der Waals surface area contributed by atoms with Crippen LogP contribution in [-0.2, 0) is 29.5 Å². The van der Waals surface area contributed by atoms with Crippen molar-refractivity contribution >= 4 is 19.7 Å². The normalized spacial score (nSPS) is 18.0. The van der Waals surface area contributed by atoms with Gasteiger partial charge in [0.15, 0.2) is 9.87 Å². The lowest BCUT2D eigenvalue weighted by molar-refractivity contribution is 0.139. The summed E-state index contributed by atoms with van der Waals surface area (Å²) < 4.78 is 47.5. The van der Waals surface area contributed by atoms with Crippen LogP contribution in [0, 0.1) is 0 Å². The third-order valence-corrected chi connectivity index (χ3v) is 7.05. The SMILES string of the molecule is C=CS(=O)(=O)C(C)(O)c1cccc(C(C)(O)S(=O)(=O)C=C)c1. The third-order valence-electron chi connectivity index (χ3n) is 3.48. The van der Waals surface area contributed by atoms with Crippen LogP contribution in [0.3, 0.4) is 0 Å². The molecular formula is C14H18O6S2. The maximum absolute atomic E-state index is 11.9. The van der Waals surface area contributed by atoms with Gasteiger partial charge in [-0.1, -0.05) is 31.4 Å². The van der Waals surface area contributed by atoms with E-state index in [1.165, 1.54) is 18.2 Å². The van der Waals surface area contributed by atoms with Crippen molar-refractivity contribution < 1.29 is 27.0 Å². The first-order chi connectivity index (χ1) is 9.83. The Hall–Kier alpha value is -1.48. The zero-order valence-electron chi connectivity index (χ0n) is 12.2. The largest absolute Gasteiger partial charge is 0.371 e. The summed E-state index contributed by atoms with van der Waals surface area (Å²) in [5.74, 6) is 0. The molecule has 2 unspecified atom stereocenters. The van der Waals surface area contributed by atoms with E-state index in [0.29, 0.717) is 10.8 Å². The van der Waals surface area contributed by atoms with Gasteiger partial charge in [0, 0.05) is 10.8 Å². The van der Waals surface area contributed by atoms with E-state index in [1.807, 2.05) is 0 Å². The maximum Gasteiger partial charge on any atom is 0.204 e. The van der Waals surface area contributed by atoms with Gasteiger partial charge in [0.25, 0.3) is 0 Å². The molecule has 1 aromatic carbocycles. The lowest BCUT2D eigenvalue weighted by Gasteiger charge is -2.26. The number of hydrogen-bond donors (Lipinski definition) is 2. The fraction of sp³-hybridized carbons (Fsp3) is 0.286. The highest BCUT2D eigenvalue weighted by Gasteiger charge is 2.40. The smallest absolute Gasteiger partial charge is 0.204 e. The molecule has 2 N–H and O–H groups in total. The van der Waals surface area contributed by atoms with Gasteiger partial charge in [0.05, 0.1) is 0 Å². The average molecular weight is 346 g/mol. The van der Waals surface area contributed by atoms with Gasteiger partial charge >= 0.3 is 0 Å². The van der Waals surface area contributed by atoms with Crippen LogP contribution in [0.5, 0.6) is 0 Å². The summed E-state index contributed by atoms with van der Waals surface area (Å²) in [7, 11) is -8.17. The molecule has 0 saturated carbocycles. The van der Waals surface area contributed by atoms with E-state index in [2.05, 4.69) is 13.2 Å². The van der Waals surface area contributed by atoms with Gasteiger partial charge < -0.3 is 10.2 Å². The van der Waals surface area contributed by atoms with E-state index in [1.54, 1.807) is 0 Å². The Morgan fingerprint density at radius 1 is 0.909 bits per heavy atom. The van der Waals surface area contributed by atoms with Crippen molar-refractivity contribution in [3.05, 3.63) is 59.4 Å². The van der Waals surface area contributed by atoms with Crippen molar-refractivity contribution in [2.75, 3.05) is 0 Å². The molecule has 0 amide bonds. The first-order valence-electron chi connectivity index (χ1n) is 6.13. The molecule has 0 aliphatic heterocycles. The molecule has 0 aromatic heterocycles. The molecule has 0 aliphatic carbocycles. The maximum atomic E-state index is 11.9. The number of benzene rings is 1. The van der Waals surface area contributed by atoms with Crippen LogP contribution in [0.15, 0.2) is 48.2 Å². The molecule has 0 saturated heterocycles. The number of rotatable bonds is 6. The predicted octanol–water partition coefficient (Wildman–Crippen LogP) is 1.13. The highest BCUT2D eigenvalue weighted by atomic mass is 32.2. The molecule has 0 bridgehead atoms. The summed E-state index contributed by atoms with van der Waals surface area (Å²) >= 11 is 0. The van der Waals surface area contributed by atoms with Crippen molar-refractivity contribution in [1.82, 2.24) is 0 Å². The van der Waals surface area contributed by atoms with Crippen LogP contribution < -0.4 is 0 Å². The summed E-state index contributed by atoms with van der Waals surface area (Å²) in [6.07, 6.45) is 0. The Morgan fingerprint density at radius 2 is 1.23 bits per heavy atom. The third kappa shape index (κ3) is 2.87. The second kappa shape index (κ2) is 5.62.